The zero-order valence-electron chi connectivity index (χ0n) is 14.6. The average Bonchev–Trinajstić information content (AvgIpc) is 3.24. The third-order valence-corrected chi connectivity index (χ3v) is 7.27. The van der Waals surface area contributed by atoms with Gasteiger partial charge in [-0.2, -0.15) is 0 Å². The number of piperidine rings is 1. The standard InChI is InChI=1S/C20H23NO2S2.ClH/c22-20(23)16-3-1-9-21(13-16)10-2-4-17-18-14(7-11-24-18)5-6-15-8-12-25-19(15)17;/h4,7-8,11-12,16H,1-3,5-6,9-10,13H2,(H,22,23);1H/t16-;/m1./s1. The average molecular weight is 410 g/mol. The molecule has 3 heterocycles. The van der Waals surface area contributed by atoms with Gasteiger partial charge in [-0.15, -0.1) is 35.1 Å². The van der Waals surface area contributed by atoms with Crippen LogP contribution in [0.15, 0.2) is 29.0 Å². The fraction of sp³-hybridized carbons (Fsp3) is 0.450. The second-order valence-corrected chi connectivity index (χ2v) is 8.77. The van der Waals surface area contributed by atoms with Crippen LogP contribution in [0.4, 0.5) is 0 Å². The summed E-state index contributed by atoms with van der Waals surface area (Å²) < 4.78 is 0. The highest BCUT2D eigenvalue weighted by atomic mass is 35.5. The Bertz CT molecular complexity index is 751. The number of hydrogen-bond acceptors (Lipinski definition) is 4. The number of likely N-dealkylation sites (tertiary alicyclic amines) is 1. The second kappa shape index (κ2) is 8.70. The van der Waals surface area contributed by atoms with Gasteiger partial charge >= 0.3 is 5.97 Å². The first-order valence-electron chi connectivity index (χ1n) is 9.01. The van der Waals surface area contributed by atoms with Crippen molar-refractivity contribution in [3.63, 3.8) is 0 Å². The minimum Gasteiger partial charge on any atom is -0.481 e. The number of thiophene rings is 2. The number of fused-ring (bicyclic) bond motifs is 2. The lowest BCUT2D eigenvalue weighted by atomic mass is 9.98. The number of carboxylic acids is 1. The van der Waals surface area contributed by atoms with E-state index in [1.54, 1.807) is 0 Å². The predicted octanol–water partition coefficient (Wildman–Crippen LogP) is 4.95. The van der Waals surface area contributed by atoms with Crippen molar-refractivity contribution in [1.82, 2.24) is 4.90 Å². The van der Waals surface area contributed by atoms with Crippen molar-refractivity contribution in [3.05, 3.63) is 49.9 Å². The summed E-state index contributed by atoms with van der Waals surface area (Å²) in [6, 6.07) is 4.54. The van der Waals surface area contributed by atoms with Gasteiger partial charge in [0.1, 0.15) is 0 Å². The van der Waals surface area contributed by atoms with Gasteiger partial charge in [0.2, 0.25) is 0 Å². The van der Waals surface area contributed by atoms with E-state index < -0.39 is 5.97 Å². The third-order valence-electron chi connectivity index (χ3n) is 5.30. The van der Waals surface area contributed by atoms with Crippen LogP contribution in [0.3, 0.4) is 0 Å². The van der Waals surface area contributed by atoms with Crippen molar-refractivity contribution in [3.8, 4) is 0 Å². The molecule has 26 heavy (non-hydrogen) atoms. The predicted molar refractivity (Wildman–Crippen MR) is 112 cm³/mol. The molecule has 0 radical (unpaired) electrons. The maximum atomic E-state index is 11.2. The van der Waals surface area contributed by atoms with Crippen molar-refractivity contribution in [1.29, 1.82) is 0 Å². The highest BCUT2D eigenvalue weighted by molar-refractivity contribution is 7.14. The Hall–Kier alpha value is -1.14. The van der Waals surface area contributed by atoms with E-state index in [4.69, 9.17) is 0 Å². The van der Waals surface area contributed by atoms with Crippen molar-refractivity contribution in [2.45, 2.75) is 32.1 Å². The van der Waals surface area contributed by atoms with Gasteiger partial charge in [-0.3, -0.25) is 4.79 Å². The molecule has 0 amide bonds. The van der Waals surface area contributed by atoms with Crippen LogP contribution in [-0.4, -0.2) is 35.6 Å². The molecule has 2 aliphatic rings. The number of halogens is 1. The lowest BCUT2D eigenvalue weighted by molar-refractivity contribution is -0.143. The summed E-state index contributed by atoms with van der Waals surface area (Å²) in [4.78, 5) is 16.4. The molecule has 0 aromatic carbocycles. The number of aryl methyl sites for hydroxylation is 2. The summed E-state index contributed by atoms with van der Waals surface area (Å²) in [5.74, 6) is -0.828. The SMILES string of the molecule is Cl.O=C(O)[C@@H]1CCCN(CCC=C2c3sccc3CCc3ccsc32)C1. The molecule has 3 nitrogen and oxygen atoms in total. The van der Waals surface area contributed by atoms with Gasteiger partial charge < -0.3 is 10.0 Å². The van der Waals surface area contributed by atoms with E-state index >= 15 is 0 Å². The van der Waals surface area contributed by atoms with Crippen molar-refractivity contribution in [2.24, 2.45) is 5.92 Å². The first kappa shape index (κ1) is 19.6. The maximum Gasteiger partial charge on any atom is 0.307 e. The third kappa shape index (κ3) is 4.06. The zero-order valence-corrected chi connectivity index (χ0v) is 17.1. The molecule has 0 bridgehead atoms. The van der Waals surface area contributed by atoms with Gasteiger partial charge in [0.25, 0.3) is 0 Å². The molecule has 140 valence electrons. The molecular formula is C20H24ClNO2S2. The molecule has 1 aliphatic heterocycles. The van der Waals surface area contributed by atoms with E-state index in [-0.39, 0.29) is 18.3 Å². The minimum absolute atomic E-state index is 0. The van der Waals surface area contributed by atoms with E-state index in [1.807, 2.05) is 22.7 Å². The van der Waals surface area contributed by atoms with Gasteiger partial charge in [0.05, 0.1) is 5.92 Å². The minimum atomic E-state index is -0.640. The summed E-state index contributed by atoms with van der Waals surface area (Å²) in [7, 11) is 0. The zero-order chi connectivity index (χ0) is 17.2. The second-order valence-electron chi connectivity index (χ2n) is 6.93. The quantitative estimate of drug-likeness (QED) is 0.776. The number of carboxylic acid groups (broad SMARTS) is 1. The lowest BCUT2D eigenvalue weighted by Gasteiger charge is -2.30. The number of aliphatic carboxylic acids is 1. The Morgan fingerprint density at radius 2 is 1.85 bits per heavy atom. The summed E-state index contributed by atoms with van der Waals surface area (Å²) in [5, 5.41) is 13.7. The van der Waals surface area contributed by atoms with Gasteiger partial charge in [0, 0.05) is 28.4 Å². The molecular weight excluding hydrogens is 386 g/mol. The van der Waals surface area contributed by atoms with E-state index in [2.05, 4.69) is 33.9 Å². The molecule has 0 spiro atoms. The van der Waals surface area contributed by atoms with E-state index in [0.29, 0.717) is 6.54 Å². The molecule has 1 saturated heterocycles. The van der Waals surface area contributed by atoms with Crippen LogP contribution in [0.2, 0.25) is 0 Å². The monoisotopic (exact) mass is 409 g/mol. The van der Waals surface area contributed by atoms with Crippen molar-refractivity contribution in [2.75, 3.05) is 19.6 Å². The normalized spacial score (nSPS) is 19.8. The molecule has 2 aromatic heterocycles. The summed E-state index contributed by atoms with van der Waals surface area (Å²) in [6.07, 6.45) is 7.46. The smallest absolute Gasteiger partial charge is 0.307 e. The van der Waals surface area contributed by atoms with E-state index in [0.717, 1.165) is 45.2 Å². The molecule has 1 aliphatic carbocycles. The van der Waals surface area contributed by atoms with Crippen LogP contribution in [0.1, 0.15) is 40.1 Å². The van der Waals surface area contributed by atoms with Gasteiger partial charge in [-0.05, 0) is 72.7 Å². The van der Waals surface area contributed by atoms with E-state index in [9.17, 15) is 9.90 Å². The Labute approximate surface area is 168 Å². The number of carbonyl (C=O) groups is 1. The van der Waals surface area contributed by atoms with Gasteiger partial charge in [-0.25, -0.2) is 0 Å². The number of rotatable bonds is 4. The Kier molecular flexibility index (Phi) is 6.56. The van der Waals surface area contributed by atoms with Gasteiger partial charge in [0.15, 0.2) is 0 Å². The summed E-state index contributed by atoms with van der Waals surface area (Å²) in [6.45, 7) is 2.68. The van der Waals surface area contributed by atoms with Crippen LogP contribution in [0.25, 0.3) is 5.57 Å². The lowest BCUT2D eigenvalue weighted by Crippen LogP contribution is -2.39. The van der Waals surface area contributed by atoms with Crippen LogP contribution in [0, 0.1) is 5.92 Å². The summed E-state index contributed by atoms with van der Waals surface area (Å²) in [5.41, 5.74) is 4.35. The Balaban J connectivity index is 0.00000196. The summed E-state index contributed by atoms with van der Waals surface area (Å²) >= 11 is 3.70. The molecule has 6 heteroatoms. The fourth-order valence-electron chi connectivity index (χ4n) is 3.95. The van der Waals surface area contributed by atoms with Crippen LogP contribution < -0.4 is 0 Å². The molecule has 0 unspecified atom stereocenters. The Morgan fingerprint density at radius 3 is 2.46 bits per heavy atom. The molecule has 0 saturated carbocycles. The fourth-order valence-corrected chi connectivity index (χ4v) is 6.02. The molecule has 2 aromatic rings. The van der Waals surface area contributed by atoms with Crippen LogP contribution >= 0.6 is 35.1 Å². The first-order chi connectivity index (χ1) is 12.2. The highest BCUT2D eigenvalue weighted by Crippen LogP contribution is 2.39. The van der Waals surface area contributed by atoms with Crippen molar-refractivity contribution < 1.29 is 9.90 Å². The maximum absolute atomic E-state index is 11.2. The largest absolute Gasteiger partial charge is 0.481 e. The van der Waals surface area contributed by atoms with Crippen LogP contribution in [0.5, 0.6) is 0 Å². The molecule has 1 atom stereocenters. The first-order valence-corrected chi connectivity index (χ1v) is 10.8. The number of nitrogens with zero attached hydrogens (tertiary/aromatic N) is 1. The highest BCUT2D eigenvalue weighted by Gasteiger charge is 2.25. The van der Waals surface area contributed by atoms with Gasteiger partial charge in [-0.1, -0.05) is 6.08 Å². The Morgan fingerprint density at radius 1 is 1.19 bits per heavy atom. The molecule has 1 N–H and O–H groups in total. The number of hydrogen-bond donors (Lipinski definition) is 1. The van der Waals surface area contributed by atoms with Crippen molar-refractivity contribution >= 4 is 46.6 Å². The van der Waals surface area contributed by atoms with Crippen LogP contribution in [-0.2, 0) is 17.6 Å². The van der Waals surface area contributed by atoms with E-state index in [1.165, 1.54) is 26.5 Å². The molecule has 4 rings (SSSR count). The topological polar surface area (TPSA) is 40.5 Å². The molecule has 1 fully saturated rings.